The minimum atomic E-state index is 0.471. The molecule has 0 unspecified atom stereocenters. The van der Waals surface area contributed by atoms with Crippen LogP contribution >= 0.6 is 0 Å². The Balaban J connectivity index is 1.46. The van der Waals surface area contributed by atoms with Crippen LogP contribution in [0.1, 0.15) is 5.69 Å². The van der Waals surface area contributed by atoms with Gasteiger partial charge in [-0.1, -0.05) is 42.5 Å². The van der Waals surface area contributed by atoms with Crippen LogP contribution < -0.4 is 4.74 Å². The van der Waals surface area contributed by atoms with E-state index in [-0.39, 0.29) is 0 Å². The lowest BCUT2D eigenvalue weighted by Crippen LogP contribution is -1.97. The van der Waals surface area contributed by atoms with Crippen molar-refractivity contribution in [3.05, 3.63) is 91.0 Å². The summed E-state index contributed by atoms with van der Waals surface area (Å²) >= 11 is 0. The summed E-state index contributed by atoms with van der Waals surface area (Å²) in [6, 6.07) is 22.4. The molecule has 4 rings (SSSR count). The summed E-state index contributed by atoms with van der Waals surface area (Å²) in [7, 11) is 2.00. The van der Waals surface area contributed by atoms with Crippen molar-refractivity contribution in [3.8, 4) is 28.3 Å². The fourth-order valence-electron chi connectivity index (χ4n) is 2.84. The average Bonchev–Trinajstić information content (AvgIpc) is 3.14. The third-order valence-corrected chi connectivity index (χ3v) is 4.26. The lowest BCUT2D eigenvalue weighted by atomic mass is 10.0. The third-order valence-electron chi connectivity index (χ3n) is 4.26. The zero-order valence-electron chi connectivity index (χ0n) is 14.5. The van der Waals surface area contributed by atoms with Gasteiger partial charge >= 0.3 is 0 Å². The Morgan fingerprint density at radius 3 is 2.08 bits per heavy atom. The van der Waals surface area contributed by atoms with E-state index in [1.165, 1.54) is 5.56 Å². The van der Waals surface area contributed by atoms with Crippen molar-refractivity contribution in [1.29, 1.82) is 0 Å². The predicted octanol–water partition coefficient (Wildman–Crippen LogP) is 4.73. The Labute approximate surface area is 152 Å². The van der Waals surface area contributed by atoms with E-state index in [4.69, 9.17) is 4.74 Å². The quantitative estimate of drug-likeness (QED) is 0.527. The summed E-state index contributed by atoms with van der Waals surface area (Å²) in [5.41, 5.74) is 4.35. The largest absolute Gasteiger partial charge is 0.487 e. The first-order valence-electron chi connectivity index (χ1n) is 8.50. The number of imidazole rings is 1. The fourth-order valence-corrected chi connectivity index (χ4v) is 2.84. The van der Waals surface area contributed by atoms with Gasteiger partial charge in [-0.2, -0.15) is 0 Å². The second-order valence-electron chi connectivity index (χ2n) is 6.07. The molecular formula is C22H19N3O. The van der Waals surface area contributed by atoms with Crippen molar-refractivity contribution in [2.75, 3.05) is 0 Å². The molecule has 128 valence electrons. The van der Waals surface area contributed by atoms with E-state index in [2.05, 4.69) is 46.4 Å². The smallest absolute Gasteiger partial charge is 0.139 e. The first-order valence-corrected chi connectivity index (χ1v) is 8.50. The lowest BCUT2D eigenvalue weighted by molar-refractivity contribution is 0.301. The predicted molar refractivity (Wildman–Crippen MR) is 103 cm³/mol. The van der Waals surface area contributed by atoms with E-state index >= 15 is 0 Å². The molecule has 0 saturated heterocycles. The fraction of sp³-hybridized carbons (Fsp3) is 0.0909. The summed E-state index contributed by atoms with van der Waals surface area (Å²) in [4.78, 5) is 8.65. The average molecular weight is 341 g/mol. The van der Waals surface area contributed by atoms with Gasteiger partial charge in [-0.3, -0.25) is 4.98 Å². The van der Waals surface area contributed by atoms with E-state index in [0.717, 1.165) is 28.4 Å². The van der Waals surface area contributed by atoms with Gasteiger partial charge in [0.05, 0.1) is 5.69 Å². The molecule has 0 fully saturated rings. The lowest BCUT2D eigenvalue weighted by Gasteiger charge is -2.08. The number of aromatic nitrogens is 3. The number of hydrogen-bond acceptors (Lipinski definition) is 3. The van der Waals surface area contributed by atoms with E-state index in [1.807, 2.05) is 54.3 Å². The number of ether oxygens (including phenoxy) is 1. The van der Waals surface area contributed by atoms with Crippen molar-refractivity contribution >= 4 is 0 Å². The maximum atomic E-state index is 5.79. The molecule has 2 aromatic heterocycles. The van der Waals surface area contributed by atoms with Gasteiger partial charge in [0, 0.05) is 31.2 Å². The van der Waals surface area contributed by atoms with Crippen molar-refractivity contribution in [2.24, 2.45) is 7.05 Å². The highest BCUT2D eigenvalue weighted by Gasteiger charge is 2.04. The number of aryl methyl sites for hydroxylation is 1. The molecule has 0 radical (unpaired) electrons. The van der Waals surface area contributed by atoms with Crippen LogP contribution in [-0.4, -0.2) is 14.5 Å². The maximum absolute atomic E-state index is 5.79. The van der Waals surface area contributed by atoms with Gasteiger partial charge in [0.15, 0.2) is 0 Å². The van der Waals surface area contributed by atoms with Crippen LogP contribution in [-0.2, 0) is 13.7 Å². The molecular weight excluding hydrogens is 322 g/mol. The second kappa shape index (κ2) is 7.23. The van der Waals surface area contributed by atoms with Crippen LogP contribution in [0, 0.1) is 0 Å². The SMILES string of the molecule is Cn1ccnc1-c1ccc(-c2ccc(OCc3ccccn3)cc2)cc1. The zero-order chi connectivity index (χ0) is 17.8. The Bertz CT molecular complexity index is 974. The van der Waals surface area contributed by atoms with Gasteiger partial charge in [0.2, 0.25) is 0 Å². The molecule has 0 amide bonds. The van der Waals surface area contributed by atoms with Crippen LogP contribution in [0.2, 0.25) is 0 Å². The molecule has 2 aromatic carbocycles. The highest BCUT2D eigenvalue weighted by molar-refractivity contribution is 5.68. The summed E-state index contributed by atoms with van der Waals surface area (Å²) in [5, 5.41) is 0. The van der Waals surface area contributed by atoms with Gasteiger partial charge in [0.25, 0.3) is 0 Å². The van der Waals surface area contributed by atoms with E-state index in [0.29, 0.717) is 6.61 Å². The molecule has 0 spiro atoms. The standard InChI is InChI=1S/C22H19N3O/c1-25-15-14-24-22(25)19-7-5-17(6-8-19)18-9-11-21(12-10-18)26-16-20-4-2-3-13-23-20/h2-15H,16H2,1H3. The molecule has 0 N–H and O–H groups in total. The molecule has 0 aliphatic heterocycles. The Kier molecular flexibility index (Phi) is 4.48. The van der Waals surface area contributed by atoms with Crippen molar-refractivity contribution in [3.63, 3.8) is 0 Å². The molecule has 0 bridgehead atoms. The normalized spacial score (nSPS) is 10.7. The zero-order valence-corrected chi connectivity index (χ0v) is 14.5. The number of benzene rings is 2. The first-order chi connectivity index (χ1) is 12.8. The van der Waals surface area contributed by atoms with Crippen LogP contribution in [0.15, 0.2) is 85.3 Å². The number of pyridine rings is 1. The van der Waals surface area contributed by atoms with E-state index < -0.39 is 0 Å². The Hall–Kier alpha value is -3.40. The monoisotopic (exact) mass is 341 g/mol. The van der Waals surface area contributed by atoms with Gasteiger partial charge in [0.1, 0.15) is 18.2 Å². The maximum Gasteiger partial charge on any atom is 0.139 e. The molecule has 0 saturated carbocycles. The van der Waals surface area contributed by atoms with Crippen LogP contribution in [0.4, 0.5) is 0 Å². The van der Waals surface area contributed by atoms with Crippen molar-refractivity contribution in [2.45, 2.75) is 6.61 Å². The summed E-state index contributed by atoms with van der Waals surface area (Å²) < 4.78 is 7.81. The Morgan fingerprint density at radius 2 is 1.46 bits per heavy atom. The van der Waals surface area contributed by atoms with Gasteiger partial charge in [-0.05, 0) is 35.4 Å². The Morgan fingerprint density at radius 1 is 0.769 bits per heavy atom. The number of rotatable bonds is 5. The topological polar surface area (TPSA) is 39.9 Å². The highest BCUT2D eigenvalue weighted by atomic mass is 16.5. The van der Waals surface area contributed by atoms with Gasteiger partial charge in [-0.25, -0.2) is 4.98 Å². The van der Waals surface area contributed by atoms with Gasteiger partial charge in [-0.15, -0.1) is 0 Å². The minimum Gasteiger partial charge on any atom is -0.487 e. The molecule has 0 aliphatic carbocycles. The molecule has 0 atom stereocenters. The van der Waals surface area contributed by atoms with Gasteiger partial charge < -0.3 is 9.30 Å². The highest BCUT2D eigenvalue weighted by Crippen LogP contribution is 2.25. The van der Waals surface area contributed by atoms with Crippen molar-refractivity contribution < 1.29 is 4.74 Å². The van der Waals surface area contributed by atoms with Crippen molar-refractivity contribution in [1.82, 2.24) is 14.5 Å². The van der Waals surface area contributed by atoms with Crippen LogP contribution in [0.3, 0.4) is 0 Å². The number of hydrogen-bond donors (Lipinski definition) is 0. The molecule has 4 nitrogen and oxygen atoms in total. The third kappa shape index (κ3) is 3.49. The second-order valence-corrected chi connectivity index (χ2v) is 6.07. The van der Waals surface area contributed by atoms with E-state index in [9.17, 15) is 0 Å². The van der Waals surface area contributed by atoms with E-state index in [1.54, 1.807) is 6.20 Å². The van der Waals surface area contributed by atoms with Crippen LogP contribution in [0.25, 0.3) is 22.5 Å². The summed E-state index contributed by atoms with van der Waals surface area (Å²) in [6.45, 7) is 0.471. The summed E-state index contributed by atoms with van der Waals surface area (Å²) in [6.07, 6.45) is 5.54. The summed E-state index contributed by atoms with van der Waals surface area (Å²) in [5.74, 6) is 1.80. The number of nitrogens with zero attached hydrogens (tertiary/aromatic N) is 3. The molecule has 4 heteroatoms. The molecule has 0 aliphatic rings. The van der Waals surface area contributed by atoms with Crippen LogP contribution in [0.5, 0.6) is 5.75 Å². The molecule has 26 heavy (non-hydrogen) atoms. The first kappa shape index (κ1) is 16.1. The molecule has 4 aromatic rings. The molecule has 2 heterocycles. The minimum absolute atomic E-state index is 0.471.